The predicted molar refractivity (Wildman–Crippen MR) is 65.9 cm³/mol. The number of aliphatic carboxylic acids is 1. The van der Waals surface area contributed by atoms with Gasteiger partial charge in [0.05, 0.1) is 0 Å². The van der Waals surface area contributed by atoms with Gasteiger partial charge in [-0.3, -0.25) is 4.79 Å². The molecule has 1 aromatic carbocycles. The Bertz CT molecular complexity index is 476. The molecule has 90 valence electrons. The third-order valence-electron chi connectivity index (χ3n) is 2.32. The normalized spacial score (nSPS) is 10.5. The van der Waals surface area contributed by atoms with Crippen LogP contribution in [0.15, 0.2) is 24.3 Å². The lowest BCUT2D eigenvalue weighted by molar-refractivity contribution is -0.131. The second-order valence-corrected chi connectivity index (χ2v) is 3.95. The summed E-state index contributed by atoms with van der Waals surface area (Å²) in [6.45, 7) is 1.85. The number of rotatable bonds is 3. The summed E-state index contributed by atoms with van der Waals surface area (Å²) in [5.74, 6) is -1.10. The Morgan fingerprint density at radius 2 is 1.94 bits per heavy atom. The van der Waals surface area contributed by atoms with Crippen LogP contribution in [0.25, 0.3) is 6.08 Å². The molecule has 0 spiro atoms. The largest absolute Gasteiger partial charge is 0.478 e. The van der Waals surface area contributed by atoms with Crippen molar-refractivity contribution in [3.8, 4) is 0 Å². The van der Waals surface area contributed by atoms with E-state index in [1.165, 1.54) is 11.0 Å². The Kier molecular flexibility index (Phi) is 4.04. The van der Waals surface area contributed by atoms with E-state index in [1.807, 2.05) is 6.92 Å². The number of carboxylic acids is 1. The summed E-state index contributed by atoms with van der Waals surface area (Å²) in [7, 11) is 3.36. The van der Waals surface area contributed by atoms with Crippen molar-refractivity contribution in [1.82, 2.24) is 4.90 Å². The van der Waals surface area contributed by atoms with Gasteiger partial charge in [0.15, 0.2) is 0 Å². The highest BCUT2D eigenvalue weighted by Gasteiger charge is 2.10. The molecule has 0 aliphatic heterocycles. The first kappa shape index (κ1) is 13.0. The van der Waals surface area contributed by atoms with Crippen molar-refractivity contribution in [2.75, 3.05) is 14.1 Å². The van der Waals surface area contributed by atoms with E-state index >= 15 is 0 Å². The number of carboxylic acid groups (broad SMARTS) is 1. The number of benzene rings is 1. The topological polar surface area (TPSA) is 57.6 Å². The average molecular weight is 233 g/mol. The van der Waals surface area contributed by atoms with E-state index in [-0.39, 0.29) is 5.91 Å². The van der Waals surface area contributed by atoms with Crippen LogP contribution in [0.5, 0.6) is 0 Å². The fourth-order valence-electron chi connectivity index (χ4n) is 1.38. The van der Waals surface area contributed by atoms with Crippen molar-refractivity contribution < 1.29 is 14.7 Å². The van der Waals surface area contributed by atoms with Crippen LogP contribution in [0.3, 0.4) is 0 Å². The van der Waals surface area contributed by atoms with Crippen molar-refractivity contribution in [3.63, 3.8) is 0 Å². The highest BCUT2D eigenvalue weighted by atomic mass is 16.4. The maximum atomic E-state index is 11.8. The smallest absolute Gasteiger partial charge is 0.328 e. The van der Waals surface area contributed by atoms with Crippen LogP contribution in [0, 0.1) is 6.92 Å². The van der Waals surface area contributed by atoms with Gasteiger partial charge in [-0.15, -0.1) is 0 Å². The van der Waals surface area contributed by atoms with E-state index < -0.39 is 5.97 Å². The molecule has 1 rings (SSSR count). The number of nitrogens with zero attached hydrogens (tertiary/aromatic N) is 1. The van der Waals surface area contributed by atoms with Gasteiger partial charge < -0.3 is 10.0 Å². The van der Waals surface area contributed by atoms with Gasteiger partial charge in [0, 0.05) is 25.7 Å². The van der Waals surface area contributed by atoms with Crippen LogP contribution in [-0.4, -0.2) is 36.0 Å². The lowest BCUT2D eigenvalue weighted by Crippen LogP contribution is -2.22. The second kappa shape index (κ2) is 5.30. The molecule has 0 aromatic heterocycles. The van der Waals surface area contributed by atoms with Crippen molar-refractivity contribution >= 4 is 18.0 Å². The highest BCUT2D eigenvalue weighted by Crippen LogP contribution is 2.14. The highest BCUT2D eigenvalue weighted by molar-refractivity contribution is 5.96. The van der Waals surface area contributed by atoms with Crippen molar-refractivity contribution in [2.45, 2.75) is 6.92 Å². The van der Waals surface area contributed by atoms with E-state index in [0.717, 1.165) is 11.6 Å². The van der Waals surface area contributed by atoms with E-state index in [2.05, 4.69) is 0 Å². The Hall–Kier alpha value is -2.10. The zero-order valence-corrected chi connectivity index (χ0v) is 10.1. The summed E-state index contributed by atoms with van der Waals surface area (Å²) in [4.78, 5) is 23.7. The number of aryl methyl sites for hydroxylation is 1. The summed E-state index contributed by atoms with van der Waals surface area (Å²) in [6.07, 6.45) is 2.52. The third kappa shape index (κ3) is 3.45. The maximum Gasteiger partial charge on any atom is 0.328 e. The van der Waals surface area contributed by atoms with Gasteiger partial charge in [0.25, 0.3) is 5.91 Å². The first-order valence-corrected chi connectivity index (χ1v) is 5.15. The van der Waals surface area contributed by atoms with Crippen LogP contribution < -0.4 is 0 Å². The average Bonchev–Trinajstić information content (AvgIpc) is 2.26. The summed E-state index contributed by atoms with van der Waals surface area (Å²) >= 11 is 0. The van der Waals surface area contributed by atoms with Crippen molar-refractivity contribution in [2.24, 2.45) is 0 Å². The molecule has 0 saturated carbocycles. The van der Waals surface area contributed by atoms with Gasteiger partial charge in [0.1, 0.15) is 0 Å². The van der Waals surface area contributed by atoms with Gasteiger partial charge in [-0.2, -0.15) is 0 Å². The molecule has 4 nitrogen and oxygen atoms in total. The molecule has 0 fully saturated rings. The molecular formula is C13H15NO3. The predicted octanol–water partition coefficient (Wildman–Crippen LogP) is 1.79. The summed E-state index contributed by atoms with van der Waals surface area (Å²) in [5, 5.41) is 8.53. The van der Waals surface area contributed by atoms with Gasteiger partial charge in [0.2, 0.25) is 0 Å². The van der Waals surface area contributed by atoms with Crippen molar-refractivity contribution in [3.05, 3.63) is 41.0 Å². The monoisotopic (exact) mass is 233 g/mol. The standard InChI is InChI=1S/C13H15NO3/c1-9-4-5-10(6-7-12(15)16)8-11(9)13(17)14(2)3/h4-8H,1-3H3,(H,15,16). The fraction of sp³-hybridized carbons (Fsp3) is 0.231. The molecule has 1 amide bonds. The number of hydrogen-bond donors (Lipinski definition) is 1. The molecule has 17 heavy (non-hydrogen) atoms. The molecule has 0 aliphatic rings. The van der Waals surface area contributed by atoms with Crippen LogP contribution >= 0.6 is 0 Å². The molecule has 1 aromatic rings. The number of carbonyl (C=O) groups is 2. The molecule has 0 aliphatic carbocycles. The van der Waals surface area contributed by atoms with Crippen LogP contribution in [0.2, 0.25) is 0 Å². The number of hydrogen-bond acceptors (Lipinski definition) is 2. The molecule has 0 atom stereocenters. The number of amides is 1. The summed E-state index contributed by atoms with van der Waals surface area (Å²) < 4.78 is 0. The second-order valence-electron chi connectivity index (χ2n) is 3.95. The molecular weight excluding hydrogens is 218 g/mol. The number of carbonyl (C=O) groups excluding carboxylic acids is 1. The maximum absolute atomic E-state index is 11.8. The molecule has 0 bridgehead atoms. The summed E-state index contributed by atoms with van der Waals surface area (Å²) in [5.41, 5.74) is 2.15. The fourth-order valence-corrected chi connectivity index (χ4v) is 1.38. The Balaban J connectivity index is 3.11. The zero-order valence-electron chi connectivity index (χ0n) is 10.1. The van der Waals surface area contributed by atoms with E-state index in [9.17, 15) is 9.59 Å². The van der Waals surface area contributed by atoms with Crippen LogP contribution in [0.4, 0.5) is 0 Å². The van der Waals surface area contributed by atoms with Gasteiger partial charge in [-0.1, -0.05) is 12.1 Å². The first-order valence-electron chi connectivity index (χ1n) is 5.15. The van der Waals surface area contributed by atoms with Crippen LogP contribution in [-0.2, 0) is 4.79 Å². The molecule has 0 saturated heterocycles. The Labute approximate surface area is 100 Å². The van der Waals surface area contributed by atoms with Gasteiger partial charge in [-0.25, -0.2) is 4.79 Å². The molecule has 0 radical (unpaired) electrons. The van der Waals surface area contributed by atoms with E-state index in [4.69, 9.17) is 5.11 Å². The molecule has 4 heteroatoms. The SMILES string of the molecule is Cc1ccc(C=CC(=O)O)cc1C(=O)N(C)C. The lowest BCUT2D eigenvalue weighted by Gasteiger charge is -2.12. The molecule has 0 heterocycles. The Morgan fingerprint density at radius 1 is 1.29 bits per heavy atom. The zero-order chi connectivity index (χ0) is 13.0. The molecule has 0 unspecified atom stereocenters. The van der Waals surface area contributed by atoms with E-state index in [1.54, 1.807) is 32.3 Å². The minimum atomic E-state index is -1.01. The quantitative estimate of drug-likeness (QED) is 0.810. The summed E-state index contributed by atoms with van der Waals surface area (Å²) in [6, 6.07) is 5.27. The first-order chi connectivity index (χ1) is 7.91. The van der Waals surface area contributed by atoms with Gasteiger partial charge in [-0.05, 0) is 30.2 Å². The lowest BCUT2D eigenvalue weighted by atomic mass is 10.0. The molecule has 1 N–H and O–H groups in total. The van der Waals surface area contributed by atoms with Crippen LogP contribution in [0.1, 0.15) is 21.5 Å². The minimum absolute atomic E-state index is 0.0897. The minimum Gasteiger partial charge on any atom is -0.478 e. The van der Waals surface area contributed by atoms with Gasteiger partial charge >= 0.3 is 5.97 Å². The van der Waals surface area contributed by atoms with Crippen molar-refractivity contribution in [1.29, 1.82) is 0 Å². The van der Waals surface area contributed by atoms with E-state index in [0.29, 0.717) is 11.1 Å². The third-order valence-corrected chi connectivity index (χ3v) is 2.32. The Morgan fingerprint density at radius 3 is 2.47 bits per heavy atom.